The summed E-state index contributed by atoms with van der Waals surface area (Å²) in [6, 6.07) is 5.41. The molecule has 3 nitrogen and oxygen atoms in total. The minimum Gasteiger partial charge on any atom is -0.396 e. The highest BCUT2D eigenvalue weighted by Crippen LogP contribution is 2.37. The van der Waals surface area contributed by atoms with Crippen LogP contribution in [0.1, 0.15) is 23.5 Å². The summed E-state index contributed by atoms with van der Waals surface area (Å²) < 4.78 is 23.5. The standard InChI is InChI=1S/C11H14O3S/c1-8-2-3-11-10(6-8)9(4-5-12)7-15(11,13)14/h2-3,6,9,12H,4-5,7H2,1H3. The molecule has 0 aromatic heterocycles. The van der Waals surface area contributed by atoms with Crippen LogP contribution >= 0.6 is 0 Å². The van der Waals surface area contributed by atoms with Crippen LogP contribution < -0.4 is 0 Å². The van der Waals surface area contributed by atoms with Crippen LogP contribution in [0.25, 0.3) is 0 Å². The first kappa shape index (κ1) is 10.6. The van der Waals surface area contributed by atoms with Crippen LogP contribution in [0, 0.1) is 6.92 Å². The van der Waals surface area contributed by atoms with Crippen molar-refractivity contribution in [3.8, 4) is 0 Å². The summed E-state index contributed by atoms with van der Waals surface area (Å²) >= 11 is 0. The molecule has 82 valence electrons. The van der Waals surface area contributed by atoms with E-state index in [0.717, 1.165) is 11.1 Å². The first-order chi connectivity index (χ1) is 7.04. The lowest BCUT2D eigenvalue weighted by atomic mass is 9.97. The summed E-state index contributed by atoms with van der Waals surface area (Å²) in [7, 11) is -3.10. The summed E-state index contributed by atoms with van der Waals surface area (Å²) in [5, 5.41) is 8.90. The highest BCUT2D eigenvalue weighted by atomic mass is 32.2. The predicted molar refractivity (Wildman–Crippen MR) is 57.7 cm³/mol. The highest BCUT2D eigenvalue weighted by molar-refractivity contribution is 7.91. The Bertz CT molecular complexity index is 477. The van der Waals surface area contributed by atoms with E-state index in [1.54, 1.807) is 6.07 Å². The van der Waals surface area contributed by atoms with E-state index in [0.29, 0.717) is 11.3 Å². The molecule has 1 aliphatic rings. The average Bonchev–Trinajstić information content (AvgIpc) is 2.39. The van der Waals surface area contributed by atoms with E-state index < -0.39 is 9.84 Å². The van der Waals surface area contributed by atoms with E-state index in [9.17, 15) is 8.42 Å². The van der Waals surface area contributed by atoms with Crippen molar-refractivity contribution in [1.29, 1.82) is 0 Å². The minimum absolute atomic E-state index is 0.0325. The second-order valence-corrected chi connectivity index (χ2v) is 6.03. The van der Waals surface area contributed by atoms with Crippen molar-refractivity contribution < 1.29 is 13.5 Å². The van der Waals surface area contributed by atoms with Gasteiger partial charge in [-0.3, -0.25) is 0 Å². The summed E-state index contributed by atoms with van der Waals surface area (Å²) in [6.45, 7) is 1.98. The number of sulfone groups is 1. The van der Waals surface area contributed by atoms with Crippen molar-refractivity contribution in [3.63, 3.8) is 0 Å². The van der Waals surface area contributed by atoms with Crippen LogP contribution in [-0.4, -0.2) is 25.9 Å². The molecule has 0 saturated heterocycles. The van der Waals surface area contributed by atoms with Gasteiger partial charge in [0.25, 0.3) is 0 Å². The fourth-order valence-electron chi connectivity index (χ4n) is 2.11. The molecule has 0 saturated carbocycles. The van der Waals surface area contributed by atoms with Crippen molar-refractivity contribution in [2.24, 2.45) is 0 Å². The molecule has 1 unspecified atom stereocenters. The fraction of sp³-hybridized carbons (Fsp3) is 0.455. The summed E-state index contributed by atoms with van der Waals surface area (Å²) in [6.07, 6.45) is 0.523. The van der Waals surface area contributed by atoms with E-state index in [2.05, 4.69) is 0 Å². The van der Waals surface area contributed by atoms with Crippen LogP contribution in [0.5, 0.6) is 0 Å². The number of hydrogen-bond donors (Lipinski definition) is 1. The third kappa shape index (κ3) is 1.79. The van der Waals surface area contributed by atoms with Gasteiger partial charge in [0.15, 0.2) is 9.84 Å². The molecule has 0 bridgehead atoms. The smallest absolute Gasteiger partial charge is 0.179 e. The van der Waals surface area contributed by atoms with Gasteiger partial charge in [0.05, 0.1) is 10.6 Å². The molecule has 15 heavy (non-hydrogen) atoms. The number of fused-ring (bicyclic) bond motifs is 1. The Hall–Kier alpha value is -0.870. The third-order valence-corrected chi connectivity index (χ3v) is 4.72. The molecule has 0 aliphatic carbocycles. The lowest BCUT2D eigenvalue weighted by Crippen LogP contribution is -2.05. The number of aliphatic hydroxyl groups is 1. The average molecular weight is 226 g/mol. The predicted octanol–water partition coefficient (Wildman–Crippen LogP) is 1.25. The highest BCUT2D eigenvalue weighted by Gasteiger charge is 2.33. The van der Waals surface area contributed by atoms with Crippen LogP contribution in [0.2, 0.25) is 0 Å². The number of hydrogen-bond acceptors (Lipinski definition) is 3. The van der Waals surface area contributed by atoms with Gasteiger partial charge in [-0.25, -0.2) is 8.42 Å². The monoisotopic (exact) mass is 226 g/mol. The van der Waals surface area contributed by atoms with Crippen molar-refractivity contribution >= 4 is 9.84 Å². The number of rotatable bonds is 2. The summed E-state index contributed by atoms with van der Waals surface area (Å²) in [5.74, 6) is 0.113. The topological polar surface area (TPSA) is 54.4 Å². The molecule has 1 atom stereocenters. The molecule has 1 N–H and O–H groups in total. The van der Waals surface area contributed by atoms with Crippen LogP contribution in [0.3, 0.4) is 0 Å². The molecule has 1 heterocycles. The number of aliphatic hydroxyl groups excluding tert-OH is 1. The van der Waals surface area contributed by atoms with Crippen LogP contribution in [0.15, 0.2) is 23.1 Å². The molecular weight excluding hydrogens is 212 g/mol. The minimum atomic E-state index is -3.10. The van der Waals surface area contributed by atoms with E-state index in [1.165, 1.54) is 0 Å². The maximum absolute atomic E-state index is 11.8. The number of benzene rings is 1. The zero-order chi connectivity index (χ0) is 11.1. The van der Waals surface area contributed by atoms with Gasteiger partial charge in [-0.2, -0.15) is 0 Å². The molecule has 1 aromatic rings. The quantitative estimate of drug-likeness (QED) is 0.825. The van der Waals surface area contributed by atoms with Gasteiger partial charge in [-0.05, 0) is 25.0 Å². The molecule has 2 rings (SSSR count). The lowest BCUT2D eigenvalue weighted by molar-refractivity contribution is 0.279. The van der Waals surface area contributed by atoms with Gasteiger partial charge in [0, 0.05) is 12.5 Å². The SMILES string of the molecule is Cc1ccc2c(c1)C(CCO)CS2(=O)=O. The Morgan fingerprint density at radius 3 is 2.87 bits per heavy atom. The molecule has 1 aromatic carbocycles. The lowest BCUT2D eigenvalue weighted by Gasteiger charge is -2.07. The molecule has 0 fully saturated rings. The van der Waals surface area contributed by atoms with E-state index >= 15 is 0 Å². The maximum Gasteiger partial charge on any atom is 0.179 e. The second kappa shape index (κ2) is 3.61. The van der Waals surface area contributed by atoms with Gasteiger partial charge in [-0.15, -0.1) is 0 Å². The van der Waals surface area contributed by atoms with Gasteiger partial charge < -0.3 is 5.11 Å². The van der Waals surface area contributed by atoms with Gasteiger partial charge in [0.1, 0.15) is 0 Å². The van der Waals surface area contributed by atoms with Gasteiger partial charge in [0.2, 0.25) is 0 Å². The largest absolute Gasteiger partial charge is 0.396 e. The van der Waals surface area contributed by atoms with Crippen molar-refractivity contribution in [1.82, 2.24) is 0 Å². The number of aryl methyl sites for hydroxylation is 1. The summed E-state index contributed by atoms with van der Waals surface area (Å²) in [5.41, 5.74) is 1.94. The van der Waals surface area contributed by atoms with Gasteiger partial charge in [-0.1, -0.05) is 17.7 Å². The maximum atomic E-state index is 11.8. The summed E-state index contributed by atoms with van der Waals surface area (Å²) in [4.78, 5) is 0.451. The molecule has 0 spiro atoms. The van der Waals surface area contributed by atoms with Crippen LogP contribution in [0.4, 0.5) is 0 Å². The van der Waals surface area contributed by atoms with Crippen molar-refractivity contribution in [2.75, 3.05) is 12.4 Å². The molecule has 0 radical (unpaired) electrons. The first-order valence-corrected chi connectivity index (χ1v) is 6.64. The van der Waals surface area contributed by atoms with Crippen LogP contribution in [-0.2, 0) is 9.84 Å². The molecule has 0 amide bonds. The Kier molecular flexibility index (Phi) is 2.56. The second-order valence-electron chi connectivity index (χ2n) is 4.03. The van der Waals surface area contributed by atoms with E-state index in [-0.39, 0.29) is 18.3 Å². The molecule has 1 aliphatic heterocycles. The Balaban J connectivity index is 2.53. The fourth-order valence-corrected chi connectivity index (χ4v) is 4.02. The Morgan fingerprint density at radius 1 is 1.47 bits per heavy atom. The van der Waals surface area contributed by atoms with Crippen molar-refractivity contribution in [3.05, 3.63) is 29.3 Å². The zero-order valence-electron chi connectivity index (χ0n) is 8.60. The van der Waals surface area contributed by atoms with Gasteiger partial charge >= 0.3 is 0 Å². The Labute approximate surface area is 89.7 Å². The molecule has 4 heteroatoms. The third-order valence-electron chi connectivity index (χ3n) is 2.84. The normalized spacial score (nSPS) is 22.7. The molecular formula is C11H14O3S. The zero-order valence-corrected chi connectivity index (χ0v) is 9.42. The Morgan fingerprint density at radius 2 is 2.20 bits per heavy atom. The van der Waals surface area contributed by atoms with E-state index in [4.69, 9.17) is 5.11 Å². The first-order valence-electron chi connectivity index (χ1n) is 4.99. The van der Waals surface area contributed by atoms with E-state index in [1.807, 2.05) is 19.1 Å². The van der Waals surface area contributed by atoms with Crippen molar-refractivity contribution in [2.45, 2.75) is 24.2 Å².